The second-order valence-corrected chi connectivity index (χ2v) is 35.0. The monoisotopic (exact) mass is 1820 g/mol. The molecule has 4 amide bonds. The van der Waals surface area contributed by atoms with Crippen LogP contribution in [0.4, 0.5) is 46.3 Å². The minimum Gasteiger partial charge on any atom is -0.337 e. The van der Waals surface area contributed by atoms with E-state index >= 15 is 0 Å². The van der Waals surface area contributed by atoms with Gasteiger partial charge in [-0.1, -0.05) is 44.9 Å². The summed E-state index contributed by atoms with van der Waals surface area (Å²) in [5, 5.41) is 27.9. The Morgan fingerprint density at radius 1 is 0.325 bits per heavy atom. The summed E-state index contributed by atoms with van der Waals surface area (Å²) in [6, 6.07) is 5.49. The van der Waals surface area contributed by atoms with Crippen molar-refractivity contribution in [1.29, 1.82) is 0 Å². The molecule has 0 spiro atoms. The lowest BCUT2D eigenvalue weighted by Crippen LogP contribution is -2.20. The predicted octanol–water partition coefficient (Wildman–Crippen LogP) is 16.9. The average Bonchev–Trinajstić information content (AvgIpc) is 1.31. The zero-order chi connectivity index (χ0) is 117. The fourth-order valence-electron chi connectivity index (χ4n) is 10.1. The quantitative estimate of drug-likeness (QED) is 0.0260. The molecule has 32 nitrogen and oxygen atoms in total. The van der Waals surface area contributed by atoms with E-state index in [1.807, 2.05) is 14.2 Å². The third-order valence-corrected chi connectivity index (χ3v) is 25.7. The highest BCUT2D eigenvalue weighted by atomic mass is 32.2. The van der Waals surface area contributed by atoms with Crippen LogP contribution >= 0.6 is 45.3 Å². The minimum atomic E-state index is -4.68. The molecular formula is C80H84N12O20S8. The van der Waals surface area contributed by atoms with Gasteiger partial charge in [-0.25, -0.2) is 52.6 Å². The number of thiophene rings is 4. The van der Waals surface area contributed by atoms with Crippen LogP contribution in [0.15, 0.2) is 132 Å². The molecule has 0 aliphatic heterocycles. The topological polar surface area (TPSA) is 473 Å². The van der Waals surface area contributed by atoms with E-state index in [0.717, 1.165) is 73.8 Å². The Morgan fingerprint density at radius 2 is 0.567 bits per heavy atom. The molecule has 120 heavy (non-hydrogen) atoms. The molecule has 632 valence electrons. The molecule has 0 aliphatic rings. The number of Topliss-reactive ketones (excluding diaryl/α,β-unsaturated/α-hetero) is 4. The highest BCUT2D eigenvalue weighted by Gasteiger charge is 2.33. The largest absolute Gasteiger partial charge is 0.337 e. The van der Waals surface area contributed by atoms with Gasteiger partial charge in [-0.05, 0) is 252 Å². The summed E-state index contributed by atoms with van der Waals surface area (Å²) >= 11 is 2.73. The van der Waals surface area contributed by atoms with Crippen molar-refractivity contribution in [3.8, 4) is 0 Å². The van der Waals surface area contributed by atoms with E-state index in [1.165, 1.54) is 42.3 Å². The summed E-state index contributed by atoms with van der Waals surface area (Å²) in [7, 11) is -18.3. The summed E-state index contributed by atoms with van der Waals surface area (Å²) in [5.74, 6) is -9.82. The van der Waals surface area contributed by atoms with Gasteiger partial charge in [0.1, 0.15) is 39.1 Å². The van der Waals surface area contributed by atoms with E-state index in [4.69, 9.17) is 64.7 Å². The van der Waals surface area contributed by atoms with Crippen LogP contribution in [0, 0.1) is 110 Å². The molecule has 12 aromatic rings. The summed E-state index contributed by atoms with van der Waals surface area (Å²) in [6.07, 6.45) is 0. The van der Waals surface area contributed by atoms with Gasteiger partial charge >= 0.3 is 0 Å². The van der Waals surface area contributed by atoms with Gasteiger partial charge in [-0.3, -0.25) is 38.4 Å². The van der Waals surface area contributed by atoms with Crippen LogP contribution in [-0.4, -0.2) is 101 Å². The van der Waals surface area contributed by atoms with E-state index < -0.39 is 310 Å². The van der Waals surface area contributed by atoms with Crippen LogP contribution in [0.1, 0.15) is 244 Å². The number of anilines is 8. The van der Waals surface area contributed by atoms with E-state index in [2.05, 4.69) is 46.6 Å². The van der Waals surface area contributed by atoms with Crippen LogP contribution in [0.25, 0.3) is 0 Å². The SMILES string of the molecule is [2H]c1c(C([2H])([2H])[2H])cc(C([2H])([2H])[2H])c(NC(=O)c2sccc2S(=O)(=O)Nc2onc(C([2H])([2H])[2H])c2C)c1C(C)=O.[2H]c1c(C([2H])([2H])[2H])cc(C([2H])([2H])[2H])c(NC(=O)c2sccc2S(=O)(=O)Nc2onc(C)c2C([2H])([2H])[2H])c1C(C)=O.[2H]c1c(C([2H])([2H])[2H])cc(C([2H])([2H])[2H])c(NC(=O)c2sccc2S(=O)(=O)Nc2onc(C)c2C)c1C(C)=O.[2H]c1c(C)cc(C)c(NC(=O)c2sccc2S(=O)(=O)Nc2onc(C([2H])([2H])[2H])c2C([2H])([2H])[2H])c1C(C)=O. The third kappa shape index (κ3) is 21.0. The number of hydrogen-bond donors (Lipinski definition) is 8. The number of amides is 4. The number of aromatic nitrogens is 4. The summed E-state index contributed by atoms with van der Waals surface area (Å²) in [5.41, 5.74) is -9.35. The first-order valence-electron chi connectivity index (χ1n) is 50.1. The van der Waals surface area contributed by atoms with Gasteiger partial charge in [0.2, 0.25) is 23.5 Å². The van der Waals surface area contributed by atoms with Crippen molar-refractivity contribution in [3.63, 3.8) is 0 Å². The number of hydrogen-bond acceptors (Lipinski definition) is 28. The lowest BCUT2D eigenvalue weighted by Gasteiger charge is -2.14. The Kier molecular flexibility index (Phi) is 17.0. The lowest BCUT2D eigenvalue weighted by atomic mass is 10.0. The maximum atomic E-state index is 13.3. The zero-order valence-electron chi connectivity index (χ0n) is 97.1. The van der Waals surface area contributed by atoms with E-state index in [0.29, 0.717) is 57.2 Å². The Bertz CT molecular complexity index is 8070. The molecule has 0 saturated carbocycles. The Hall–Kier alpha value is -11.9. The normalized spacial score (nSPS) is 16.6. The van der Waals surface area contributed by atoms with Crippen molar-refractivity contribution in [2.75, 3.05) is 40.2 Å². The van der Waals surface area contributed by atoms with Crippen molar-refractivity contribution in [2.45, 2.75) is 157 Å². The van der Waals surface area contributed by atoms with Crippen LogP contribution < -0.4 is 40.2 Å². The van der Waals surface area contributed by atoms with Gasteiger partial charge < -0.3 is 39.4 Å². The van der Waals surface area contributed by atoms with Crippen LogP contribution in [0.5, 0.6) is 0 Å². The molecule has 0 aliphatic carbocycles. The molecule has 8 aromatic heterocycles. The standard InChI is InChI=1S/4C20H21N3O5S2/c4*1-10-8-11(2)17(15(9-10)14(5)24)21-19(25)18-16(6-7-29-18)30(26,27)23-20-12(3)13(4)22-28-20/h4*6-9,23H,1-5H3,(H,21,25)/i1D3,2D3,4D3,9D;1D3,2D3,3D3,9D;3D3,4D3,9D;1D3,2D3,9D. The number of benzene rings is 4. The van der Waals surface area contributed by atoms with Crippen molar-refractivity contribution in [1.82, 2.24) is 20.6 Å². The van der Waals surface area contributed by atoms with Gasteiger partial charge in [0, 0.05) is 85.6 Å². The second-order valence-electron chi connectivity index (χ2n) is 24.8. The maximum Gasteiger partial charge on any atom is 0.267 e. The number of nitrogens with one attached hydrogen (secondary N) is 8. The summed E-state index contributed by atoms with van der Waals surface area (Å²) in [6.45, 7) is -16.4. The van der Waals surface area contributed by atoms with Gasteiger partial charge in [0.25, 0.3) is 63.7 Å². The fourth-order valence-corrected chi connectivity index (χ4v) is 19.5. The fraction of sp³-hybridized carbons (Fsp3) is 0.250. The Morgan fingerprint density at radius 3 is 0.825 bits per heavy atom. The minimum absolute atomic E-state index is 0.0360. The number of nitrogens with zero attached hydrogens (tertiary/aromatic N) is 4. The Balaban J connectivity index is 0.000000227. The van der Waals surface area contributed by atoms with E-state index in [-0.39, 0.29) is 44.2 Å². The average molecular weight is 1820 g/mol. The van der Waals surface area contributed by atoms with Crippen LogP contribution in [0.2, 0.25) is 0 Å². The van der Waals surface area contributed by atoms with Crippen molar-refractivity contribution in [3.05, 3.63) is 226 Å². The van der Waals surface area contributed by atoms with Gasteiger partial charge in [0.05, 0.1) is 51.0 Å². The van der Waals surface area contributed by atoms with E-state index in [9.17, 15) is 72.0 Å². The molecule has 0 radical (unpaired) electrons. The second kappa shape index (κ2) is 37.2. The van der Waals surface area contributed by atoms with E-state index in [1.54, 1.807) is 33.8 Å². The molecule has 0 fully saturated rings. The number of carbonyl (C=O) groups excluding carboxylic acids is 8. The first-order chi connectivity index (χ1) is 69.9. The summed E-state index contributed by atoms with van der Waals surface area (Å²) in [4.78, 5) is 98.5. The van der Waals surface area contributed by atoms with Crippen LogP contribution in [0.3, 0.4) is 0 Å². The van der Waals surface area contributed by atoms with Gasteiger partial charge in [-0.15, -0.1) is 45.3 Å². The molecule has 12 rings (SSSR count). The predicted molar refractivity (Wildman–Crippen MR) is 460 cm³/mol. The zero-order valence-corrected chi connectivity index (χ0v) is 69.7. The highest BCUT2D eigenvalue weighted by Crippen LogP contribution is 2.36. The molecule has 0 saturated heterocycles. The molecule has 0 bridgehead atoms. The number of sulfonamides is 4. The van der Waals surface area contributed by atoms with Crippen molar-refractivity contribution >= 4 is 178 Å². The lowest BCUT2D eigenvalue weighted by molar-refractivity contribution is 0.100. The van der Waals surface area contributed by atoms with Gasteiger partial charge in [-0.2, -0.15) is 0 Å². The number of carbonyl (C=O) groups is 8. The summed E-state index contributed by atoms with van der Waals surface area (Å²) < 4.78 is 395. The Labute approximate surface area is 755 Å². The highest BCUT2D eigenvalue weighted by molar-refractivity contribution is 7.94. The van der Waals surface area contributed by atoms with Crippen LogP contribution in [-0.2, 0) is 40.1 Å². The molecule has 8 heterocycles. The number of aryl methyl sites for hydroxylation is 12. The van der Waals surface area contributed by atoms with Crippen molar-refractivity contribution < 1.29 is 137 Å². The molecule has 40 heteroatoms. The molecule has 0 unspecified atom stereocenters. The van der Waals surface area contributed by atoms with Gasteiger partial charge in [0.15, 0.2) is 23.1 Å². The molecule has 0 atom stereocenters. The smallest absolute Gasteiger partial charge is 0.267 e. The first kappa shape index (κ1) is 55.0. The maximum absolute atomic E-state index is 13.3. The molecular weight excluding hydrogens is 1710 g/mol. The number of ketones is 4. The number of rotatable bonds is 24. The first-order valence-corrected chi connectivity index (χ1v) is 42.5. The third-order valence-electron chi connectivity index (χ3n) is 16.0. The molecule has 4 aromatic carbocycles. The molecule has 8 N–H and O–H groups in total. The van der Waals surface area contributed by atoms with Crippen molar-refractivity contribution in [2.24, 2.45) is 0 Å².